The van der Waals surface area contributed by atoms with Crippen LogP contribution in [0.1, 0.15) is 22.8 Å². The molecule has 0 radical (unpaired) electrons. The van der Waals surface area contributed by atoms with Gasteiger partial charge < -0.3 is 10.6 Å². The Hall–Kier alpha value is -2.30. The van der Waals surface area contributed by atoms with Crippen LogP contribution in [0.4, 0.5) is 11.5 Å². The number of aromatic nitrogens is 2. The summed E-state index contributed by atoms with van der Waals surface area (Å²) in [6.07, 6.45) is 1.79. The SMILES string of the molecule is CCNc1ccc(C)cc1C(=O)Nc1ccn(C)n1. The van der Waals surface area contributed by atoms with Gasteiger partial charge in [-0.05, 0) is 26.0 Å². The molecule has 0 atom stereocenters. The summed E-state index contributed by atoms with van der Waals surface area (Å²) in [4.78, 5) is 12.3. The van der Waals surface area contributed by atoms with Crippen LogP contribution in [0.3, 0.4) is 0 Å². The Morgan fingerprint density at radius 3 is 2.79 bits per heavy atom. The van der Waals surface area contributed by atoms with Crippen LogP contribution in [0.2, 0.25) is 0 Å². The third-order valence-corrected chi connectivity index (χ3v) is 2.74. The van der Waals surface area contributed by atoms with E-state index in [0.29, 0.717) is 11.4 Å². The molecule has 2 rings (SSSR count). The quantitative estimate of drug-likeness (QED) is 0.885. The fourth-order valence-electron chi connectivity index (χ4n) is 1.86. The lowest BCUT2D eigenvalue weighted by molar-refractivity contribution is 0.102. The number of anilines is 2. The minimum Gasteiger partial charge on any atom is -0.385 e. The van der Waals surface area contributed by atoms with Crippen molar-refractivity contribution in [2.75, 3.05) is 17.2 Å². The first-order valence-electron chi connectivity index (χ1n) is 6.25. The lowest BCUT2D eigenvalue weighted by Crippen LogP contribution is -2.15. The Labute approximate surface area is 112 Å². The van der Waals surface area contributed by atoms with Gasteiger partial charge in [0.1, 0.15) is 0 Å². The molecule has 1 heterocycles. The topological polar surface area (TPSA) is 59.0 Å². The molecule has 2 aromatic rings. The van der Waals surface area contributed by atoms with E-state index >= 15 is 0 Å². The van der Waals surface area contributed by atoms with Crippen molar-refractivity contribution in [1.29, 1.82) is 0 Å². The van der Waals surface area contributed by atoms with E-state index < -0.39 is 0 Å². The van der Waals surface area contributed by atoms with E-state index in [-0.39, 0.29) is 5.91 Å². The standard InChI is InChI=1S/C14H18N4O/c1-4-15-12-6-5-10(2)9-11(12)14(19)16-13-7-8-18(3)17-13/h5-9,15H,4H2,1-3H3,(H,16,17,19). The zero-order chi connectivity index (χ0) is 13.8. The number of hydrogen-bond donors (Lipinski definition) is 2. The summed E-state index contributed by atoms with van der Waals surface area (Å²) in [6.45, 7) is 4.74. The molecule has 5 nitrogen and oxygen atoms in total. The highest BCUT2D eigenvalue weighted by Gasteiger charge is 2.12. The molecule has 1 aromatic carbocycles. The van der Waals surface area contributed by atoms with Crippen LogP contribution in [-0.4, -0.2) is 22.2 Å². The highest BCUT2D eigenvalue weighted by molar-refractivity contribution is 6.07. The van der Waals surface area contributed by atoms with Crippen molar-refractivity contribution in [2.24, 2.45) is 7.05 Å². The van der Waals surface area contributed by atoms with Crippen molar-refractivity contribution in [3.63, 3.8) is 0 Å². The molecule has 0 saturated heterocycles. The first kappa shape index (κ1) is 13.1. The van der Waals surface area contributed by atoms with Crippen molar-refractivity contribution < 1.29 is 4.79 Å². The molecule has 19 heavy (non-hydrogen) atoms. The smallest absolute Gasteiger partial charge is 0.258 e. The van der Waals surface area contributed by atoms with E-state index in [1.54, 1.807) is 16.9 Å². The molecule has 0 fully saturated rings. The van der Waals surface area contributed by atoms with Gasteiger partial charge in [0.05, 0.1) is 5.56 Å². The van der Waals surface area contributed by atoms with Gasteiger partial charge in [0.2, 0.25) is 0 Å². The van der Waals surface area contributed by atoms with Gasteiger partial charge in [0, 0.05) is 31.5 Å². The molecule has 2 N–H and O–H groups in total. The molecule has 1 aromatic heterocycles. The third-order valence-electron chi connectivity index (χ3n) is 2.74. The van der Waals surface area contributed by atoms with Crippen LogP contribution < -0.4 is 10.6 Å². The van der Waals surface area contributed by atoms with Gasteiger partial charge in [-0.3, -0.25) is 9.48 Å². The monoisotopic (exact) mass is 258 g/mol. The second-order valence-corrected chi connectivity index (χ2v) is 4.41. The minimum atomic E-state index is -0.154. The minimum absolute atomic E-state index is 0.154. The zero-order valence-corrected chi connectivity index (χ0v) is 11.4. The van der Waals surface area contributed by atoms with E-state index in [2.05, 4.69) is 15.7 Å². The predicted molar refractivity (Wildman–Crippen MR) is 76.5 cm³/mol. The number of aryl methyl sites for hydroxylation is 2. The van der Waals surface area contributed by atoms with Crippen molar-refractivity contribution in [3.8, 4) is 0 Å². The molecule has 5 heteroatoms. The summed E-state index contributed by atoms with van der Waals surface area (Å²) in [5.41, 5.74) is 2.52. The molecule has 0 aliphatic carbocycles. The number of benzene rings is 1. The van der Waals surface area contributed by atoms with Gasteiger partial charge in [-0.2, -0.15) is 5.10 Å². The molecule has 1 amide bonds. The molecule has 0 spiro atoms. The third kappa shape index (κ3) is 3.13. The molecular formula is C14H18N4O. The number of carbonyl (C=O) groups excluding carboxylic acids is 1. The molecule has 0 aliphatic heterocycles. The normalized spacial score (nSPS) is 10.3. The van der Waals surface area contributed by atoms with Gasteiger partial charge in [-0.15, -0.1) is 0 Å². The number of nitrogens with one attached hydrogen (secondary N) is 2. The Morgan fingerprint density at radius 2 is 2.16 bits per heavy atom. The first-order valence-corrected chi connectivity index (χ1v) is 6.25. The number of carbonyl (C=O) groups is 1. The van der Waals surface area contributed by atoms with Crippen molar-refractivity contribution in [1.82, 2.24) is 9.78 Å². The number of nitrogens with zero attached hydrogens (tertiary/aromatic N) is 2. The Bertz CT molecular complexity index is 589. The lowest BCUT2D eigenvalue weighted by atomic mass is 10.1. The number of rotatable bonds is 4. The summed E-state index contributed by atoms with van der Waals surface area (Å²) in [7, 11) is 1.81. The Morgan fingerprint density at radius 1 is 1.37 bits per heavy atom. The highest BCUT2D eigenvalue weighted by atomic mass is 16.1. The number of hydrogen-bond acceptors (Lipinski definition) is 3. The molecule has 0 aliphatic rings. The maximum atomic E-state index is 12.3. The van der Waals surface area contributed by atoms with Crippen molar-refractivity contribution >= 4 is 17.4 Å². The molecular weight excluding hydrogens is 240 g/mol. The predicted octanol–water partition coefficient (Wildman–Crippen LogP) is 2.41. The van der Waals surface area contributed by atoms with Crippen molar-refractivity contribution in [3.05, 3.63) is 41.6 Å². The average molecular weight is 258 g/mol. The second-order valence-electron chi connectivity index (χ2n) is 4.41. The summed E-state index contributed by atoms with van der Waals surface area (Å²) in [5, 5.41) is 10.1. The van der Waals surface area contributed by atoms with Gasteiger partial charge in [-0.25, -0.2) is 0 Å². The van der Waals surface area contributed by atoms with Crippen LogP contribution in [0, 0.1) is 6.92 Å². The van der Waals surface area contributed by atoms with E-state index in [0.717, 1.165) is 17.8 Å². The maximum absolute atomic E-state index is 12.3. The molecule has 100 valence electrons. The average Bonchev–Trinajstić information content (AvgIpc) is 2.77. The summed E-state index contributed by atoms with van der Waals surface area (Å²) >= 11 is 0. The fourth-order valence-corrected chi connectivity index (χ4v) is 1.86. The Balaban J connectivity index is 2.24. The van der Waals surface area contributed by atoms with Crippen LogP contribution >= 0.6 is 0 Å². The van der Waals surface area contributed by atoms with E-state index in [4.69, 9.17) is 0 Å². The fraction of sp³-hybridized carbons (Fsp3) is 0.286. The summed E-state index contributed by atoms with van der Waals surface area (Å²) < 4.78 is 1.65. The Kier molecular flexibility index (Phi) is 3.85. The zero-order valence-electron chi connectivity index (χ0n) is 11.4. The van der Waals surface area contributed by atoms with Crippen LogP contribution in [0.25, 0.3) is 0 Å². The molecule has 0 unspecified atom stereocenters. The van der Waals surface area contributed by atoms with Gasteiger partial charge in [0.25, 0.3) is 5.91 Å². The highest BCUT2D eigenvalue weighted by Crippen LogP contribution is 2.18. The van der Waals surface area contributed by atoms with Crippen LogP contribution in [0.5, 0.6) is 0 Å². The van der Waals surface area contributed by atoms with Crippen LogP contribution in [0.15, 0.2) is 30.5 Å². The summed E-state index contributed by atoms with van der Waals surface area (Å²) in [5.74, 6) is 0.398. The van der Waals surface area contributed by atoms with Gasteiger partial charge >= 0.3 is 0 Å². The molecule has 0 saturated carbocycles. The molecule has 0 bridgehead atoms. The van der Waals surface area contributed by atoms with E-state index in [1.807, 2.05) is 39.1 Å². The van der Waals surface area contributed by atoms with E-state index in [9.17, 15) is 4.79 Å². The first-order chi connectivity index (χ1) is 9.10. The van der Waals surface area contributed by atoms with Crippen LogP contribution in [-0.2, 0) is 7.05 Å². The van der Waals surface area contributed by atoms with E-state index in [1.165, 1.54) is 0 Å². The maximum Gasteiger partial charge on any atom is 0.258 e. The lowest BCUT2D eigenvalue weighted by Gasteiger charge is -2.11. The number of amides is 1. The largest absolute Gasteiger partial charge is 0.385 e. The van der Waals surface area contributed by atoms with Crippen molar-refractivity contribution in [2.45, 2.75) is 13.8 Å². The van der Waals surface area contributed by atoms with Gasteiger partial charge in [-0.1, -0.05) is 11.6 Å². The summed E-state index contributed by atoms with van der Waals surface area (Å²) in [6, 6.07) is 7.54. The van der Waals surface area contributed by atoms with Gasteiger partial charge in [0.15, 0.2) is 5.82 Å². The second kappa shape index (κ2) is 5.56.